The molecule has 0 aliphatic heterocycles. The van der Waals surface area contributed by atoms with E-state index in [1.54, 1.807) is 6.08 Å². The molecule has 2 N–H and O–H groups in total. The highest BCUT2D eigenvalue weighted by Crippen LogP contribution is 2.36. The summed E-state index contributed by atoms with van der Waals surface area (Å²) in [6, 6.07) is 0. The summed E-state index contributed by atoms with van der Waals surface area (Å²) in [6.45, 7) is 3.53. The molecule has 9 nitrogen and oxygen atoms in total. The monoisotopic (exact) mass is 799 g/mol. The lowest BCUT2D eigenvalue weighted by Crippen LogP contribution is -2.29. The first-order chi connectivity index (χ1) is 26.7. The zero-order valence-electron chi connectivity index (χ0n) is 35.3. The van der Waals surface area contributed by atoms with Crippen LogP contribution in [0.15, 0.2) is 24.3 Å². The molecule has 0 bridgehead atoms. The van der Waals surface area contributed by atoms with Crippen LogP contribution in [-0.2, 0) is 32.9 Å². The van der Waals surface area contributed by atoms with Crippen LogP contribution in [0.5, 0.6) is 0 Å². The van der Waals surface area contributed by atoms with Gasteiger partial charge < -0.3 is 19.3 Å². The summed E-state index contributed by atoms with van der Waals surface area (Å²) in [4.78, 5) is 54.6. The van der Waals surface area contributed by atoms with E-state index in [1.165, 1.54) is 116 Å². The van der Waals surface area contributed by atoms with Crippen LogP contribution in [0.2, 0.25) is 0 Å². The van der Waals surface area contributed by atoms with E-state index in [-0.39, 0.29) is 25.2 Å². The summed E-state index contributed by atoms with van der Waals surface area (Å²) >= 11 is 0. The van der Waals surface area contributed by atoms with Crippen molar-refractivity contribution in [3.63, 3.8) is 0 Å². The van der Waals surface area contributed by atoms with Gasteiger partial charge >= 0.3 is 19.8 Å². The molecule has 0 radical (unpaired) electrons. The third-order valence-corrected chi connectivity index (χ3v) is 10.4. The van der Waals surface area contributed by atoms with Crippen LogP contribution in [0.3, 0.4) is 0 Å². The molecule has 0 aromatic rings. The molecule has 0 heterocycles. The predicted octanol–water partition coefficient (Wildman–Crippen LogP) is 13.1. The van der Waals surface area contributed by atoms with E-state index >= 15 is 0 Å². The molecule has 0 aromatic heterocycles. The standard InChI is InChI=1S/C45H83O9P/c1-3-5-7-8-9-10-11-12-13-14-15-16-17-18-19-20-21-24-27-30-34-38-44(47)52-40-43(41-53-55(49,50)51)54-45(48)39-35-31-28-25-22-23-26-29-33-37-42(46)36-32-6-4-2/h26,29,33,37,43H,3-25,27-28,30-32,34-36,38-41H2,1-2H3,(H2,49,50,51)/b29-26-,37-33+/t43-/m1/s1. The van der Waals surface area contributed by atoms with Gasteiger partial charge in [0.1, 0.15) is 6.61 Å². The van der Waals surface area contributed by atoms with Crippen LogP contribution < -0.4 is 0 Å². The van der Waals surface area contributed by atoms with Crippen molar-refractivity contribution in [3.8, 4) is 0 Å². The Bertz CT molecular complexity index is 1010. The quantitative estimate of drug-likeness (QED) is 0.0203. The van der Waals surface area contributed by atoms with Crippen LogP contribution >= 0.6 is 7.82 Å². The number of allylic oxidation sites excluding steroid dienone is 4. The maximum atomic E-state index is 12.4. The van der Waals surface area contributed by atoms with Gasteiger partial charge in [-0.15, -0.1) is 0 Å². The Morgan fingerprint density at radius 1 is 0.509 bits per heavy atom. The molecule has 0 spiro atoms. The summed E-state index contributed by atoms with van der Waals surface area (Å²) in [5, 5.41) is 0. The number of phosphoric acid groups is 1. The molecule has 0 aromatic carbocycles. The highest BCUT2D eigenvalue weighted by atomic mass is 31.2. The van der Waals surface area contributed by atoms with Gasteiger partial charge in [0, 0.05) is 19.3 Å². The molecule has 0 unspecified atom stereocenters. The van der Waals surface area contributed by atoms with Gasteiger partial charge in [-0.1, -0.05) is 193 Å². The van der Waals surface area contributed by atoms with Crippen LogP contribution in [0.1, 0.15) is 226 Å². The van der Waals surface area contributed by atoms with Crippen molar-refractivity contribution in [1.82, 2.24) is 0 Å². The molecule has 0 aliphatic rings. The first-order valence-corrected chi connectivity index (χ1v) is 24.1. The first-order valence-electron chi connectivity index (χ1n) is 22.6. The number of phosphoric ester groups is 1. The molecule has 10 heteroatoms. The molecular formula is C45H83O9P. The van der Waals surface area contributed by atoms with Crippen LogP contribution in [0, 0.1) is 0 Å². The van der Waals surface area contributed by atoms with E-state index < -0.39 is 32.5 Å². The van der Waals surface area contributed by atoms with Gasteiger partial charge in [0.25, 0.3) is 0 Å². The molecule has 1 atom stereocenters. The Hall–Kier alpha value is -1.80. The average molecular weight is 799 g/mol. The summed E-state index contributed by atoms with van der Waals surface area (Å²) < 4.78 is 26.4. The van der Waals surface area contributed by atoms with E-state index in [4.69, 9.17) is 19.3 Å². The zero-order chi connectivity index (χ0) is 40.5. The van der Waals surface area contributed by atoms with Crippen LogP contribution in [-0.4, -0.2) is 46.8 Å². The van der Waals surface area contributed by atoms with E-state index in [9.17, 15) is 18.9 Å². The fourth-order valence-corrected chi connectivity index (χ4v) is 6.89. The van der Waals surface area contributed by atoms with Gasteiger partial charge in [0.05, 0.1) is 6.61 Å². The van der Waals surface area contributed by atoms with E-state index in [2.05, 4.69) is 24.4 Å². The molecule has 0 saturated carbocycles. The largest absolute Gasteiger partial charge is 0.469 e. The van der Waals surface area contributed by atoms with Gasteiger partial charge in [-0.05, 0) is 38.2 Å². The maximum absolute atomic E-state index is 12.4. The number of rotatable bonds is 42. The second kappa shape index (κ2) is 40.4. The topological polar surface area (TPSA) is 136 Å². The van der Waals surface area contributed by atoms with E-state index in [0.29, 0.717) is 12.8 Å². The lowest BCUT2D eigenvalue weighted by molar-refractivity contribution is -0.161. The number of carbonyl (C=O) groups is 3. The first kappa shape index (κ1) is 53.2. The minimum absolute atomic E-state index is 0.163. The second-order valence-electron chi connectivity index (χ2n) is 15.4. The fourth-order valence-electron chi connectivity index (χ4n) is 6.53. The molecule has 0 rings (SSSR count). The predicted molar refractivity (Wildman–Crippen MR) is 226 cm³/mol. The molecule has 0 aliphatic carbocycles. The van der Waals surface area contributed by atoms with Gasteiger partial charge in [-0.25, -0.2) is 4.57 Å². The van der Waals surface area contributed by atoms with Crippen molar-refractivity contribution < 1.29 is 42.7 Å². The number of hydrogen-bond acceptors (Lipinski definition) is 7. The number of unbranched alkanes of at least 4 members (excludes halogenated alkanes) is 27. The highest BCUT2D eigenvalue weighted by molar-refractivity contribution is 7.46. The SMILES string of the molecule is CCCCCCCCCCCCCCCCCCCCCCCC(=O)OC[C@H](COP(=O)(O)O)OC(=O)CCCCCCC/C=C\C=C\C(=O)CCCCC. The highest BCUT2D eigenvalue weighted by Gasteiger charge is 2.23. The van der Waals surface area contributed by atoms with Gasteiger partial charge in [0.15, 0.2) is 11.9 Å². The smallest absolute Gasteiger partial charge is 0.462 e. The summed E-state index contributed by atoms with van der Waals surface area (Å²) in [6.07, 6.45) is 43.2. The number of ketones is 1. The maximum Gasteiger partial charge on any atom is 0.469 e. The summed E-state index contributed by atoms with van der Waals surface area (Å²) in [5.41, 5.74) is 0. The lowest BCUT2D eigenvalue weighted by atomic mass is 10.0. The Kier molecular flexibility index (Phi) is 39.1. The third kappa shape index (κ3) is 43.2. The van der Waals surface area contributed by atoms with Crippen LogP contribution in [0.4, 0.5) is 0 Å². The van der Waals surface area contributed by atoms with Gasteiger partial charge in [-0.3, -0.25) is 18.9 Å². The number of esters is 2. The molecule has 0 saturated heterocycles. The van der Waals surface area contributed by atoms with Crippen molar-refractivity contribution in [1.29, 1.82) is 0 Å². The lowest BCUT2D eigenvalue weighted by Gasteiger charge is -2.18. The minimum atomic E-state index is -4.77. The number of carbonyl (C=O) groups excluding carboxylic acids is 3. The minimum Gasteiger partial charge on any atom is -0.462 e. The molecular weight excluding hydrogens is 715 g/mol. The molecule has 55 heavy (non-hydrogen) atoms. The van der Waals surface area contributed by atoms with Gasteiger partial charge in [0.2, 0.25) is 0 Å². The van der Waals surface area contributed by atoms with E-state index in [0.717, 1.165) is 70.6 Å². The molecule has 0 amide bonds. The summed E-state index contributed by atoms with van der Waals surface area (Å²) in [7, 11) is -4.77. The van der Waals surface area contributed by atoms with Crippen molar-refractivity contribution in [2.24, 2.45) is 0 Å². The van der Waals surface area contributed by atoms with Gasteiger partial charge in [-0.2, -0.15) is 0 Å². The summed E-state index contributed by atoms with van der Waals surface area (Å²) in [5.74, 6) is -0.764. The van der Waals surface area contributed by atoms with Crippen molar-refractivity contribution in [2.75, 3.05) is 13.2 Å². The van der Waals surface area contributed by atoms with E-state index in [1.807, 2.05) is 12.2 Å². The Balaban J connectivity index is 3.88. The normalized spacial score (nSPS) is 12.5. The third-order valence-electron chi connectivity index (χ3n) is 9.95. The molecule has 0 fully saturated rings. The average Bonchev–Trinajstić information content (AvgIpc) is 3.15. The molecule has 322 valence electrons. The van der Waals surface area contributed by atoms with Crippen LogP contribution in [0.25, 0.3) is 0 Å². The number of hydrogen-bond donors (Lipinski definition) is 2. The zero-order valence-corrected chi connectivity index (χ0v) is 36.2. The fraction of sp³-hybridized carbons (Fsp3) is 0.844. The van der Waals surface area contributed by atoms with Crippen molar-refractivity contribution in [2.45, 2.75) is 232 Å². The van der Waals surface area contributed by atoms with Crippen molar-refractivity contribution >= 4 is 25.5 Å². The Morgan fingerprint density at radius 2 is 0.909 bits per heavy atom. The Labute approximate surface area is 336 Å². The Morgan fingerprint density at radius 3 is 1.38 bits per heavy atom. The number of ether oxygens (including phenoxy) is 2. The second-order valence-corrected chi connectivity index (χ2v) is 16.7. The van der Waals surface area contributed by atoms with Crippen molar-refractivity contribution in [3.05, 3.63) is 24.3 Å².